The number of nitrogens with zero attached hydrogens (tertiary/aromatic N) is 1. The highest BCUT2D eigenvalue weighted by atomic mass is 31.2. The lowest BCUT2D eigenvalue weighted by atomic mass is 10.0. The van der Waals surface area contributed by atoms with Gasteiger partial charge >= 0.3 is 5.97 Å². The molecule has 0 rings (SSSR count). The molecule has 78 heavy (non-hydrogen) atoms. The summed E-state index contributed by atoms with van der Waals surface area (Å²) < 4.78 is 30.4. The Morgan fingerprint density at radius 3 is 1.18 bits per heavy atom. The topological polar surface area (TPSA) is 114 Å². The minimum Gasteiger partial charge on any atom is -0.756 e. The van der Waals surface area contributed by atoms with Crippen molar-refractivity contribution in [1.82, 2.24) is 5.32 Å². The lowest BCUT2D eigenvalue weighted by Crippen LogP contribution is -2.47. The van der Waals surface area contributed by atoms with E-state index < -0.39 is 20.0 Å². The fourth-order valence-corrected chi connectivity index (χ4v) is 10.8. The molecule has 0 radical (unpaired) electrons. The first-order valence-electron chi connectivity index (χ1n) is 33.8. The van der Waals surface area contributed by atoms with Gasteiger partial charge in [0, 0.05) is 12.8 Å². The Balaban J connectivity index is 5.04. The first-order chi connectivity index (χ1) is 37.9. The van der Waals surface area contributed by atoms with Crippen LogP contribution < -0.4 is 10.2 Å². The number of amides is 1. The van der Waals surface area contributed by atoms with Crippen molar-refractivity contribution >= 4 is 19.7 Å². The van der Waals surface area contributed by atoms with Gasteiger partial charge < -0.3 is 28.5 Å². The van der Waals surface area contributed by atoms with Crippen molar-refractivity contribution in [1.29, 1.82) is 0 Å². The molecule has 0 aliphatic heterocycles. The van der Waals surface area contributed by atoms with E-state index in [4.69, 9.17) is 13.8 Å². The first kappa shape index (κ1) is 76.2. The molecule has 9 nitrogen and oxygen atoms in total. The molecule has 0 fully saturated rings. The predicted molar refractivity (Wildman–Crippen MR) is 335 cm³/mol. The Morgan fingerprint density at radius 1 is 0.449 bits per heavy atom. The summed E-state index contributed by atoms with van der Waals surface area (Å²) in [5.41, 5.74) is 0. The molecule has 0 aromatic rings. The van der Waals surface area contributed by atoms with Crippen LogP contribution in [-0.4, -0.2) is 69.4 Å². The monoisotopic (exact) mass is 1120 g/mol. The molecule has 3 atom stereocenters. The highest BCUT2D eigenvalue weighted by Gasteiger charge is 2.27. The number of ether oxygens (including phenoxy) is 1. The Kier molecular flexibility index (Phi) is 57.1. The molecule has 0 saturated heterocycles. The van der Waals surface area contributed by atoms with E-state index in [1.807, 2.05) is 33.3 Å². The molecule has 0 aliphatic rings. The van der Waals surface area contributed by atoms with Crippen LogP contribution in [0.15, 0.2) is 36.5 Å². The van der Waals surface area contributed by atoms with Crippen molar-refractivity contribution in [3.8, 4) is 0 Å². The van der Waals surface area contributed by atoms with Gasteiger partial charge in [0.25, 0.3) is 7.82 Å². The number of hydrogen-bond donors (Lipinski definition) is 1. The van der Waals surface area contributed by atoms with Crippen LogP contribution in [0.1, 0.15) is 335 Å². The van der Waals surface area contributed by atoms with Gasteiger partial charge in [-0.25, -0.2) is 0 Å². The number of phosphoric ester groups is 1. The van der Waals surface area contributed by atoms with Crippen molar-refractivity contribution in [3.63, 3.8) is 0 Å². The third-order valence-electron chi connectivity index (χ3n) is 15.3. The molecule has 0 aromatic heterocycles. The van der Waals surface area contributed by atoms with Crippen LogP contribution in [0.2, 0.25) is 0 Å². The van der Waals surface area contributed by atoms with Crippen molar-refractivity contribution in [2.24, 2.45) is 0 Å². The molecular formula is C68H131N2O7P. The highest BCUT2D eigenvalue weighted by Crippen LogP contribution is 2.38. The van der Waals surface area contributed by atoms with Crippen LogP contribution in [0.3, 0.4) is 0 Å². The number of unbranched alkanes of at least 4 members (excludes halogenated alkanes) is 42. The average molecular weight is 1120 g/mol. The third kappa shape index (κ3) is 58.9. The van der Waals surface area contributed by atoms with Gasteiger partial charge in [-0.3, -0.25) is 14.2 Å². The van der Waals surface area contributed by atoms with Gasteiger partial charge in [0.15, 0.2) is 0 Å². The molecule has 10 heteroatoms. The quantitative estimate of drug-likeness (QED) is 0.0212. The summed E-state index contributed by atoms with van der Waals surface area (Å²) in [5, 5.41) is 3.04. The average Bonchev–Trinajstić information content (AvgIpc) is 3.40. The highest BCUT2D eigenvalue weighted by molar-refractivity contribution is 7.45. The van der Waals surface area contributed by atoms with Gasteiger partial charge in [-0.15, -0.1) is 0 Å². The van der Waals surface area contributed by atoms with E-state index in [-0.39, 0.29) is 31.5 Å². The number of carbonyl (C=O) groups is 2. The zero-order valence-electron chi connectivity index (χ0n) is 52.6. The van der Waals surface area contributed by atoms with E-state index in [1.165, 1.54) is 238 Å². The maximum atomic E-state index is 13.6. The number of esters is 1. The molecule has 0 aromatic carbocycles. The lowest BCUT2D eigenvalue weighted by molar-refractivity contribution is -0.870. The predicted octanol–water partition coefficient (Wildman–Crippen LogP) is 20.4. The largest absolute Gasteiger partial charge is 0.756 e. The second kappa shape index (κ2) is 58.4. The second-order valence-electron chi connectivity index (χ2n) is 24.3. The Hall–Kier alpha value is -1.77. The van der Waals surface area contributed by atoms with Gasteiger partial charge in [0.05, 0.1) is 33.8 Å². The minimum atomic E-state index is -4.70. The van der Waals surface area contributed by atoms with Gasteiger partial charge in [-0.05, 0) is 63.9 Å². The minimum absolute atomic E-state index is 0.0191. The fourth-order valence-electron chi connectivity index (χ4n) is 10.1. The zero-order chi connectivity index (χ0) is 57.2. The van der Waals surface area contributed by atoms with Gasteiger partial charge in [-0.2, -0.15) is 0 Å². The third-order valence-corrected chi connectivity index (χ3v) is 16.3. The van der Waals surface area contributed by atoms with Crippen molar-refractivity contribution in [2.45, 2.75) is 348 Å². The maximum absolute atomic E-state index is 13.6. The summed E-state index contributed by atoms with van der Waals surface area (Å²) in [5.74, 6) is -0.523. The molecule has 460 valence electrons. The summed E-state index contributed by atoms with van der Waals surface area (Å²) in [6, 6.07) is -0.884. The van der Waals surface area contributed by atoms with Crippen molar-refractivity contribution in [2.75, 3.05) is 40.9 Å². The summed E-state index contributed by atoms with van der Waals surface area (Å²) >= 11 is 0. The number of carbonyl (C=O) groups excluding carboxylic acids is 2. The number of quaternary nitrogens is 1. The summed E-state index contributed by atoms with van der Waals surface area (Å²) in [7, 11) is 1.20. The maximum Gasteiger partial charge on any atom is 0.306 e. The van der Waals surface area contributed by atoms with Crippen LogP contribution in [0, 0.1) is 0 Å². The van der Waals surface area contributed by atoms with E-state index >= 15 is 0 Å². The van der Waals surface area contributed by atoms with E-state index in [1.54, 1.807) is 0 Å². The molecule has 1 amide bonds. The first-order valence-corrected chi connectivity index (χ1v) is 35.3. The zero-order valence-corrected chi connectivity index (χ0v) is 53.5. The standard InChI is InChI=1S/C68H131N2O7P/c1-7-10-13-16-19-22-25-28-30-31-32-33-34-35-36-37-38-39-41-42-45-48-51-54-57-60-67(71)69-65(64-76-78(73,74)75-63-62-70(4,5)6)66(59-56-53-50-47-44-27-24-21-18-15-12-9-3)77-68(72)61-58-55-52-49-46-43-40-29-26-23-20-17-14-11-8-2/h19,22,28,30,56,59,65-66H,7-18,20-21,23-27,29,31-55,57-58,60-64H2,1-6H3,(H-,69,71,73,74)/b22-19-,30-28-,59-56-. The van der Waals surface area contributed by atoms with E-state index in [2.05, 4.69) is 50.4 Å². The summed E-state index contributed by atoms with van der Waals surface area (Å²) in [6.07, 6.45) is 71.2. The number of likely N-dealkylation sites (N-methyl/N-ethyl adjacent to an activating group) is 1. The molecule has 0 bridgehead atoms. The second-order valence-corrected chi connectivity index (χ2v) is 25.7. The van der Waals surface area contributed by atoms with Crippen LogP contribution >= 0.6 is 7.82 Å². The van der Waals surface area contributed by atoms with Crippen LogP contribution in [0.5, 0.6) is 0 Å². The molecule has 0 heterocycles. The van der Waals surface area contributed by atoms with Gasteiger partial charge in [0.1, 0.15) is 19.3 Å². The SMILES string of the molecule is CCCCC/C=C\C/C=C\CCCCCCCCCCCCCCCCCC(=O)NC(COP(=O)([O-])OCC[N+](C)(C)C)C(/C=C\CCCCCCCCCCCC)OC(=O)CCCCCCCCCCCCCCCCC. The normalized spacial score (nSPS) is 13.8. The molecule has 3 unspecified atom stereocenters. The van der Waals surface area contributed by atoms with Crippen molar-refractivity contribution < 1.29 is 37.3 Å². The lowest BCUT2D eigenvalue weighted by Gasteiger charge is -2.30. The molecular weight excluding hydrogens is 988 g/mol. The number of hydrogen-bond acceptors (Lipinski definition) is 7. The Labute approximate surface area is 485 Å². The molecule has 0 aliphatic carbocycles. The smallest absolute Gasteiger partial charge is 0.306 e. The Morgan fingerprint density at radius 2 is 0.782 bits per heavy atom. The Bertz CT molecular complexity index is 1430. The molecule has 0 spiro atoms. The number of allylic oxidation sites excluding steroid dienone is 5. The number of rotatable bonds is 62. The van der Waals surface area contributed by atoms with E-state index in [0.29, 0.717) is 17.4 Å². The molecule has 1 N–H and O–H groups in total. The van der Waals surface area contributed by atoms with Gasteiger partial charge in [-0.1, -0.05) is 295 Å². The van der Waals surface area contributed by atoms with E-state index in [9.17, 15) is 19.0 Å². The fraction of sp³-hybridized carbons (Fsp3) is 0.882. The van der Waals surface area contributed by atoms with Crippen molar-refractivity contribution in [3.05, 3.63) is 36.5 Å². The molecule has 0 saturated carbocycles. The summed E-state index contributed by atoms with van der Waals surface area (Å²) in [4.78, 5) is 40.1. The number of phosphoric acid groups is 1. The number of nitrogens with one attached hydrogen (secondary N) is 1. The van der Waals surface area contributed by atoms with Crippen LogP contribution in [0.25, 0.3) is 0 Å². The summed E-state index contributed by atoms with van der Waals surface area (Å²) in [6.45, 7) is 6.87. The van der Waals surface area contributed by atoms with E-state index in [0.717, 1.165) is 64.2 Å². The van der Waals surface area contributed by atoms with Crippen LogP contribution in [0.4, 0.5) is 0 Å². The van der Waals surface area contributed by atoms with Crippen LogP contribution in [-0.2, 0) is 27.9 Å². The van der Waals surface area contributed by atoms with Gasteiger partial charge in [0.2, 0.25) is 5.91 Å².